The monoisotopic (exact) mass is 386 g/mol. The van der Waals surface area contributed by atoms with Crippen LogP contribution in [0.15, 0.2) is 29.2 Å². The highest BCUT2D eigenvalue weighted by molar-refractivity contribution is 7.92. The molecule has 1 N–H and O–H groups in total. The van der Waals surface area contributed by atoms with Crippen LogP contribution in [0.2, 0.25) is 0 Å². The first-order valence-corrected chi connectivity index (χ1v) is 8.50. The van der Waals surface area contributed by atoms with E-state index in [9.17, 15) is 17.2 Å². The third-order valence-electron chi connectivity index (χ3n) is 3.11. The third-order valence-corrected chi connectivity index (χ3v) is 4.48. The van der Waals surface area contributed by atoms with Gasteiger partial charge in [-0.05, 0) is 19.1 Å². The molecule has 0 saturated carbocycles. The van der Waals surface area contributed by atoms with E-state index in [0.717, 1.165) is 12.1 Å². The molecule has 0 aliphatic carbocycles. The first-order valence-electron chi connectivity index (χ1n) is 7.02. The topological polar surface area (TPSA) is 121 Å². The van der Waals surface area contributed by atoms with E-state index in [2.05, 4.69) is 29.5 Å². The highest BCUT2D eigenvalue weighted by Crippen LogP contribution is 2.26. The molecule has 2 aromatic heterocycles. The summed E-state index contributed by atoms with van der Waals surface area (Å²) in [4.78, 5) is 11.4. The molecular formula is C13H12F2N6O4S. The van der Waals surface area contributed by atoms with E-state index in [-0.39, 0.29) is 17.7 Å². The molecule has 0 aliphatic rings. The molecule has 0 fully saturated rings. The van der Waals surface area contributed by atoms with Crippen LogP contribution in [-0.2, 0) is 10.0 Å². The van der Waals surface area contributed by atoms with Gasteiger partial charge in [0.05, 0.1) is 7.11 Å². The summed E-state index contributed by atoms with van der Waals surface area (Å²) in [7, 11) is -2.93. The van der Waals surface area contributed by atoms with E-state index in [0.29, 0.717) is 5.82 Å². The maximum Gasteiger partial charge on any atom is 0.387 e. The maximum atomic E-state index is 12.5. The average Bonchev–Trinajstić information content (AvgIpc) is 2.96. The Morgan fingerprint density at radius 2 is 1.92 bits per heavy atom. The summed E-state index contributed by atoms with van der Waals surface area (Å²) in [5.41, 5.74) is 0. The number of nitrogens with one attached hydrogen (secondary N) is 1. The van der Waals surface area contributed by atoms with Gasteiger partial charge in [0.2, 0.25) is 0 Å². The number of methoxy groups -OCH3 is 1. The predicted octanol–water partition coefficient (Wildman–Crippen LogP) is 1.24. The number of alkyl halides is 2. The van der Waals surface area contributed by atoms with Gasteiger partial charge in [-0.15, -0.1) is 5.10 Å². The van der Waals surface area contributed by atoms with Crippen molar-refractivity contribution in [2.75, 3.05) is 11.8 Å². The van der Waals surface area contributed by atoms with Crippen molar-refractivity contribution >= 4 is 21.7 Å². The molecule has 10 nitrogen and oxygen atoms in total. The third kappa shape index (κ3) is 3.46. The minimum absolute atomic E-state index is 0.0347. The number of hydrogen-bond donors (Lipinski definition) is 1. The highest BCUT2D eigenvalue weighted by atomic mass is 32.2. The van der Waals surface area contributed by atoms with Gasteiger partial charge in [0.1, 0.15) is 16.5 Å². The Morgan fingerprint density at radius 1 is 1.19 bits per heavy atom. The largest absolute Gasteiger partial charge is 0.467 e. The normalized spacial score (nSPS) is 11.7. The van der Waals surface area contributed by atoms with Crippen LogP contribution < -0.4 is 14.2 Å². The lowest BCUT2D eigenvalue weighted by atomic mass is 10.3. The Hall–Kier alpha value is -3.09. The van der Waals surface area contributed by atoms with E-state index in [1.807, 2.05) is 0 Å². The summed E-state index contributed by atoms with van der Waals surface area (Å²) in [5, 5.41) is 3.93. The molecule has 0 unspecified atom stereocenters. The molecule has 3 aromatic rings. The Morgan fingerprint density at radius 3 is 2.62 bits per heavy atom. The second-order valence-electron chi connectivity index (χ2n) is 4.84. The van der Waals surface area contributed by atoms with Gasteiger partial charge in [-0.25, -0.2) is 13.1 Å². The standard InChI is InChI=1S/C13H12F2N6O4S/c1-7-16-13(24-2)18-12-17-11(19-21(7)12)20-26(22,23)9-6-4-3-5-8(9)25-10(14)15/h3-6,10H,1-2H3,(H,19,20). The highest BCUT2D eigenvalue weighted by Gasteiger charge is 2.23. The molecule has 0 radical (unpaired) electrons. The van der Waals surface area contributed by atoms with Crippen LogP contribution in [0.3, 0.4) is 0 Å². The maximum absolute atomic E-state index is 12.5. The van der Waals surface area contributed by atoms with Crippen molar-refractivity contribution in [1.29, 1.82) is 0 Å². The van der Waals surface area contributed by atoms with Crippen LogP contribution in [0.5, 0.6) is 11.8 Å². The molecule has 0 spiro atoms. The zero-order chi connectivity index (χ0) is 18.9. The summed E-state index contributed by atoms with van der Waals surface area (Å²) in [6.07, 6.45) is 0. The van der Waals surface area contributed by atoms with Crippen molar-refractivity contribution in [3.05, 3.63) is 30.1 Å². The lowest BCUT2D eigenvalue weighted by Crippen LogP contribution is -2.16. The number of rotatable bonds is 6. The molecule has 3 rings (SSSR count). The molecule has 0 atom stereocenters. The number of nitrogens with zero attached hydrogens (tertiary/aromatic N) is 5. The van der Waals surface area contributed by atoms with Crippen LogP contribution in [0.4, 0.5) is 14.7 Å². The van der Waals surface area contributed by atoms with Gasteiger partial charge in [0.25, 0.3) is 21.7 Å². The number of sulfonamides is 1. The molecule has 0 aliphatic heterocycles. The smallest absolute Gasteiger partial charge is 0.387 e. The van der Waals surface area contributed by atoms with Crippen molar-refractivity contribution < 1.29 is 26.7 Å². The number of benzene rings is 1. The summed E-state index contributed by atoms with van der Waals surface area (Å²) >= 11 is 0. The van der Waals surface area contributed by atoms with Crippen LogP contribution >= 0.6 is 0 Å². The molecule has 13 heteroatoms. The van der Waals surface area contributed by atoms with E-state index >= 15 is 0 Å². The minimum atomic E-state index is -4.29. The van der Waals surface area contributed by atoms with Gasteiger partial charge >= 0.3 is 12.6 Å². The van der Waals surface area contributed by atoms with E-state index < -0.39 is 27.3 Å². The predicted molar refractivity (Wildman–Crippen MR) is 83.7 cm³/mol. The Bertz CT molecular complexity index is 1060. The molecule has 26 heavy (non-hydrogen) atoms. The van der Waals surface area contributed by atoms with Gasteiger partial charge < -0.3 is 9.47 Å². The SMILES string of the molecule is COc1nc(C)n2nc(NS(=O)(=O)c3ccccc3OC(F)F)nc2n1. The molecule has 0 bridgehead atoms. The summed E-state index contributed by atoms with van der Waals surface area (Å²) in [6.45, 7) is -1.58. The minimum Gasteiger partial charge on any atom is -0.467 e. The lowest BCUT2D eigenvalue weighted by molar-refractivity contribution is -0.0517. The van der Waals surface area contributed by atoms with Crippen molar-refractivity contribution in [2.45, 2.75) is 18.4 Å². The summed E-state index contributed by atoms with van der Waals surface area (Å²) in [6, 6.07) is 4.99. The van der Waals surface area contributed by atoms with Crippen LogP contribution in [0.1, 0.15) is 5.82 Å². The fraction of sp³-hybridized carbons (Fsp3) is 0.231. The van der Waals surface area contributed by atoms with Gasteiger partial charge in [-0.3, -0.25) is 0 Å². The van der Waals surface area contributed by atoms with Crippen LogP contribution in [-0.4, -0.2) is 46.7 Å². The van der Waals surface area contributed by atoms with Gasteiger partial charge in [0.15, 0.2) is 0 Å². The Balaban J connectivity index is 1.98. The summed E-state index contributed by atoms with van der Waals surface area (Å²) in [5.74, 6) is -0.422. The number of halogens is 2. The Labute approximate surface area is 145 Å². The molecule has 0 amide bonds. The zero-order valence-corrected chi connectivity index (χ0v) is 14.2. The van der Waals surface area contributed by atoms with E-state index in [1.54, 1.807) is 6.92 Å². The second-order valence-corrected chi connectivity index (χ2v) is 6.49. The van der Waals surface area contributed by atoms with Crippen LogP contribution in [0.25, 0.3) is 5.78 Å². The number of fused-ring (bicyclic) bond motifs is 1. The number of hydrogen-bond acceptors (Lipinski definition) is 8. The van der Waals surface area contributed by atoms with Gasteiger partial charge in [0, 0.05) is 0 Å². The van der Waals surface area contributed by atoms with Crippen molar-refractivity contribution in [2.24, 2.45) is 0 Å². The van der Waals surface area contributed by atoms with Gasteiger partial charge in [-0.2, -0.15) is 28.2 Å². The summed E-state index contributed by atoms with van der Waals surface area (Å²) < 4.78 is 62.4. The zero-order valence-electron chi connectivity index (χ0n) is 13.4. The van der Waals surface area contributed by atoms with E-state index in [4.69, 9.17) is 4.74 Å². The average molecular weight is 386 g/mol. The van der Waals surface area contributed by atoms with E-state index in [1.165, 1.54) is 23.8 Å². The first kappa shape index (κ1) is 17.7. The van der Waals surface area contributed by atoms with Crippen molar-refractivity contribution in [3.8, 4) is 11.8 Å². The quantitative estimate of drug-likeness (QED) is 0.672. The molecular weight excluding hydrogens is 374 g/mol. The molecule has 1 aromatic carbocycles. The van der Waals surface area contributed by atoms with Crippen molar-refractivity contribution in [1.82, 2.24) is 24.6 Å². The number of anilines is 1. The molecule has 2 heterocycles. The number of aryl methyl sites for hydroxylation is 1. The second kappa shape index (κ2) is 6.67. The number of ether oxygens (including phenoxy) is 2. The lowest BCUT2D eigenvalue weighted by Gasteiger charge is -2.10. The number of para-hydroxylation sites is 1. The first-order chi connectivity index (χ1) is 12.3. The van der Waals surface area contributed by atoms with Crippen LogP contribution in [0, 0.1) is 6.92 Å². The molecule has 0 saturated heterocycles. The molecule has 138 valence electrons. The number of aromatic nitrogens is 5. The van der Waals surface area contributed by atoms with Crippen molar-refractivity contribution in [3.63, 3.8) is 0 Å². The fourth-order valence-electron chi connectivity index (χ4n) is 2.06. The fourth-order valence-corrected chi connectivity index (χ4v) is 3.14. The Kier molecular flexibility index (Phi) is 4.54. The van der Waals surface area contributed by atoms with Gasteiger partial charge in [-0.1, -0.05) is 12.1 Å².